The SMILES string of the molecule is CS(=O)(=O)c1cccc(NC(=O)N2CCC(C(=O)/C(=N/O)Nc3ccc(F)c(Br)c3)CC2)c1. The van der Waals surface area contributed by atoms with Crippen LogP contribution in [-0.2, 0) is 14.6 Å². The molecule has 0 bridgehead atoms. The molecule has 0 spiro atoms. The molecule has 0 unspecified atom stereocenters. The van der Waals surface area contributed by atoms with Gasteiger partial charge in [-0.25, -0.2) is 17.6 Å². The quantitative estimate of drug-likeness (QED) is 0.229. The Morgan fingerprint density at radius 2 is 1.79 bits per heavy atom. The van der Waals surface area contributed by atoms with E-state index < -0.39 is 33.4 Å². The lowest BCUT2D eigenvalue weighted by Gasteiger charge is -2.31. The fourth-order valence-corrected chi connectivity index (χ4v) is 4.44. The summed E-state index contributed by atoms with van der Waals surface area (Å²) in [6.45, 7) is 0.573. The number of sulfone groups is 1. The summed E-state index contributed by atoms with van der Waals surface area (Å²) in [6, 6.07) is 9.58. The van der Waals surface area contributed by atoms with Crippen LogP contribution < -0.4 is 10.6 Å². The van der Waals surface area contributed by atoms with E-state index in [0.29, 0.717) is 24.2 Å². The summed E-state index contributed by atoms with van der Waals surface area (Å²) in [5, 5.41) is 17.7. The molecular weight excluding hydrogens is 519 g/mol. The molecule has 1 saturated heterocycles. The summed E-state index contributed by atoms with van der Waals surface area (Å²) in [7, 11) is -3.40. The maximum absolute atomic E-state index is 13.4. The summed E-state index contributed by atoms with van der Waals surface area (Å²) < 4.78 is 37.0. The molecule has 0 aliphatic carbocycles. The molecule has 0 radical (unpaired) electrons. The van der Waals surface area contributed by atoms with Crippen LogP contribution in [0.4, 0.5) is 20.6 Å². The number of amides is 2. The van der Waals surface area contributed by atoms with Gasteiger partial charge < -0.3 is 20.7 Å². The van der Waals surface area contributed by atoms with Gasteiger partial charge in [0.25, 0.3) is 0 Å². The first kappa shape index (κ1) is 24.6. The molecule has 1 aliphatic heterocycles. The number of nitrogens with one attached hydrogen (secondary N) is 2. The average molecular weight is 541 g/mol. The Labute approximate surface area is 198 Å². The third-order valence-electron chi connectivity index (χ3n) is 5.18. The predicted octanol–water partition coefficient (Wildman–Crippen LogP) is 3.70. The van der Waals surface area contributed by atoms with Gasteiger partial charge in [0.1, 0.15) is 5.82 Å². The number of carbonyl (C=O) groups excluding carboxylic acids is 2. The number of anilines is 2. The Hall–Kier alpha value is -2.99. The van der Waals surface area contributed by atoms with Crippen molar-refractivity contribution in [2.75, 3.05) is 30.0 Å². The molecule has 2 aromatic rings. The molecule has 0 aromatic heterocycles. The molecule has 2 aromatic carbocycles. The number of amidine groups is 1. The highest BCUT2D eigenvalue weighted by molar-refractivity contribution is 9.10. The van der Waals surface area contributed by atoms with Crippen molar-refractivity contribution in [2.45, 2.75) is 17.7 Å². The number of hydrogen-bond donors (Lipinski definition) is 3. The third kappa shape index (κ3) is 6.29. The van der Waals surface area contributed by atoms with Crippen molar-refractivity contribution < 1.29 is 27.6 Å². The standard InChI is InChI=1S/C21H22BrFN4O5S/c1-33(31,32)16-4-2-3-14(11-16)25-21(29)27-9-7-13(8-10-27)19(28)20(26-30)24-15-5-6-18(23)17(22)12-15/h2-6,11-13,30H,7-10H2,1H3,(H,24,26)(H,25,29). The fraction of sp³-hybridized carbons (Fsp3) is 0.286. The number of piperidine rings is 1. The number of hydrogen-bond acceptors (Lipinski definition) is 6. The van der Waals surface area contributed by atoms with Crippen LogP contribution in [0.3, 0.4) is 0 Å². The Bertz CT molecular complexity index is 1200. The van der Waals surface area contributed by atoms with Crippen molar-refractivity contribution >= 4 is 54.8 Å². The molecule has 0 saturated carbocycles. The molecule has 2 amide bonds. The van der Waals surface area contributed by atoms with E-state index in [1.165, 1.54) is 35.2 Å². The highest BCUT2D eigenvalue weighted by Crippen LogP contribution is 2.23. The first-order valence-corrected chi connectivity index (χ1v) is 12.6. The molecule has 176 valence electrons. The van der Waals surface area contributed by atoms with Gasteiger partial charge in [0.05, 0.1) is 9.37 Å². The van der Waals surface area contributed by atoms with E-state index >= 15 is 0 Å². The van der Waals surface area contributed by atoms with E-state index in [1.54, 1.807) is 12.1 Å². The van der Waals surface area contributed by atoms with Crippen molar-refractivity contribution in [3.8, 4) is 0 Å². The van der Waals surface area contributed by atoms with E-state index in [1.807, 2.05) is 0 Å². The minimum absolute atomic E-state index is 0.0982. The van der Waals surface area contributed by atoms with E-state index in [0.717, 1.165) is 6.26 Å². The number of halogens is 2. The summed E-state index contributed by atoms with van der Waals surface area (Å²) in [5.41, 5.74) is 0.725. The normalized spacial score (nSPS) is 15.2. The van der Waals surface area contributed by atoms with Gasteiger partial charge in [-0.05, 0) is 65.2 Å². The lowest BCUT2D eigenvalue weighted by molar-refractivity contribution is -0.117. The number of benzene rings is 2. The van der Waals surface area contributed by atoms with Gasteiger partial charge in [-0.2, -0.15) is 0 Å². The average Bonchev–Trinajstić information content (AvgIpc) is 2.79. The lowest BCUT2D eigenvalue weighted by Crippen LogP contribution is -2.44. The third-order valence-corrected chi connectivity index (χ3v) is 6.90. The van der Waals surface area contributed by atoms with Crippen molar-refractivity contribution in [2.24, 2.45) is 11.1 Å². The van der Waals surface area contributed by atoms with Gasteiger partial charge in [-0.3, -0.25) is 4.79 Å². The summed E-state index contributed by atoms with van der Waals surface area (Å²) in [5.74, 6) is -1.62. The van der Waals surface area contributed by atoms with Crippen LogP contribution in [0, 0.1) is 11.7 Å². The zero-order valence-electron chi connectivity index (χ0n) is 17.6. The van der Waals surface area contributed by atoms with E-state index in [2.05, 4.69) is 31.7 Å². The van der Waals surface area contributed by atoms with Crippen molar-refractivity contribution in [1.82, 2.24) is 4.90 Å². The second-order valence-corrected chi connectivity index (χ2v) is 10.4. The minimum Gasteiger partial charge on any atom is -0.409 e. The number of likely N-dealkylation sites (tertiary alicyclic amines) is 1. The Morgan fingerprint density at radius 3 is 2.39 bits per heavy atom. The van der Waals surface area contributed by atoms with E-state index in [-0.39, 0.29) is 28.3 Å². The predicted molar refractivity (Wildman–Crippen MR) is 125 cm³/mol. The molecule has 0 atom stereocenters. The Morgan fingerprint density at radius 1 is 1.12 bits per heavy atom. The van der Waals surface area contributed by atoms with Crippen LogP contribution in [0.2, 0.25) is 0 Å². The molecule has 1 aliphatic rings. The number of rotatable bonds is 5. The molecule has 3 rings (SSSR count). The van der Waals surface area contributed by atoms with Gasteiger partial charge >= 0.3 is 6.03 Å². The number of Topliss-reactive ketones (excluding diaryl/α,β-unsaturated/α-hetero) is 1. The van der Waals surface area contributed by atoms with Crippen LogP contribution in [-0.4, -0.2) is 55.5 Å². The molecule has 33 heavy (non-hydrogen) atoms. The van der Waals surface area contributed by atoms with Crippen LogP contribution in [0.5, 0.6) is 0 Å². The highest BCUT2D eigenvalue weighted by atomic mass is 79.9. The zero-order chi connectivity index (χ0) is 24.2. The second kappa shape index (κ2) is 10.3. The van der Waals surface area contributed by atoms with Crippen LogP contribution in [0.15, 0.2) is 57.0 Å². The maximum Gasteiger partial charge on any atom is 0.321 e. The van der Waals surface area contributed by atoms with E-state index in [4.69, 9.17) is 0 Å². The highest BCUT2D eigenvalue weighted by Gasteiger charge is 2.30. The van der Waals surface area contributed by atoms with Gasteiger partial charge in [0.15, 0.2) is 9.84 Å². The topological polar surface area (TPSA) is 128 Å². The summed E-state index contributed by atoms with van der Waals surface area (Å²) >= 11 is 3.05. The second-order valence-electron chi connectivity index (χ2n) is 7.56. The number of ketones is 1. The molecule has 3 N–H and O–H groups in total. The van der Waals surface area contributed by atoms with Crippen molar-refractivity contribution in [1.29, 1.82) is 0 Å². The molecule has 12 heteroatoms. The van der Waals surface area contributed by atoms with Crippen LogP contribution in [0.25, 0.3) is 0 Å². The lowest BCUT2D eigenvalue weighted by atomic mass is 9.92. The number of oxime groups is 1. The van der Waals surface area contributed by atoms with Gasteiger partial charge in [0.2, 0.25) is 11.6 Å². The molecule has 9 nitrogen and oxygen atoms in total. The molecule has 1 fully saturated rings. The van der Waals surface area contributed by atoms with Crippen molar-refractivity contribution in [3.63, 3.8) is 0 Å². The number of carbonyl (C=O) groups is 2. The first-order chi connectivity index (χ1) is 15.6. The summed E-state index contributed by atoms with van der Waals surface area (Å²) in [4.78, 5) is 27.0. The van der Waals surface area contributed by atoms with Crippen LogP contribution in [0.1, 0.15) is 12.8 Å². The largest absolute Gasteiger partial charge is 0.409 e. The van der Waals surface area contributed by atoms with Crippen molar-refractivity contribution in [3.05, 3.63) is 52.8 Å². The molecule has 1 heterocycles. The van der Waals surface area contributed by atoms with E-state index in [9.17, 15) is 27.6 Å². The van der Waals surface area contributed by atoms with Gasteiger partial charge in [-0.1, -0.05) is 11.2 Å². The maximum atomic E-state index is 13.4. The molecular formula is C21H22BrFN4O5S. The monoisotopic (exact) mass is 540 g/mol. The Balaban J connectivity index is 1.57. The zero-order valence-corrected chi connectivity index (χ0v) is 20.0. The first-order valence-electron chi connectivity index (χ1n) is 9.93. The van der Waals surface area contributed by atoms with Gasteiger partial charge in [-0.15, -0.1) is 0 Å². The Kier molecular flexibility index (Phi) is 7.69. The fourth-order valence-electron chi connectivity index (χ4n) is 3.39. The number of nitrogens with zero attached hydrogens (tertiary/aromatic N) is 2. The van der Waals surface area contributed by atoms with Crippen LogP contribution >= 0.6 is 15.9 Å². The number of urea groups is 1. The minimum atomic E-state index is -3.40. The van der Waals surface area contributed by atoms with Gasteiger partial charge in [0, 0.05) is 36.6 Å². The summed E-state index contributed by atoms with van der Waals surface area (Å²) in [6.07, 6.45) is 1.79. The smallest absolute Gasteiger partial charge is 0.321 e.